The van der Waals surface area contributed by atoms with Crippen molar-refractivity contribution >= 4 is 34.8 Å². The largest absolute Gasteiger partial charge is 0.352 e. The van der Waals surface area contributed by atoms with Gasteiger partial charge >= 0.3 is 0 Å². The number of nitrogens with one attached hydrogen (secondary N) is 2. The quantitative estimate of drug-likeness (QED) is 0.608. The van der Waals surface area contributed by atoms with Crippen molar-refractivity contribution in [3.8, 4) is 0 Å². The van der Waals surface area contributed by atoms with Crippen molar-refractivity contribution in [2.45, 2.75) is 13.3 Å². The maximum atomic E-state index is 12.0. The molecule has 2 aromatic carbocycles. The van der Waals surface area contributed by atoms with Gasteiger partial charge in [-0.3, -0.25) is 19.7 Å². The Balaban J connectivity index is 1.88. The number of nitro benzene ring substituents is 1. The van der Waals surface area contributed by atoms with E-state index in [-0.39, 0.29) is 35.3 Å². The molecule has 0 aliphatic heterocycles. The molecule has 0 spiro atoms. The van der Waals surface area contributed by atoms with Crippen LogP contribution in [0.1, 0.15) is 22.3 Å². The molecule has 7 nitrogen and oxygen atoms in total. The summed E-state index contributed by atoms with van der Waals surface area (Å²) in [7, 11) is 0. The minimum atomic E-state index is -0.575. The minimum absolute atomic E-state index is 0.0105. The lowest BCUT2D eigenvalue weighted by atomic mass is 10.1. The molecule has 0 heterocycles. The monoisotopic (exact) mass is 361 g/mol. The Morgan fingerprint density at radius 1 is 1.20 bits per heavy atom. The highest BCUT2D eigenvalue weighted by Crippen LogP contribution is 2.26. The van der Waals surface area contributed by atoms with E-state index in [1.807, 2.05) is 13.0 Å². The molecule has 2 N–H and O–H groups in total. The van der Waals surface area contributed by atoms with Crippen LogP contribution >= 0.6 is 11.6 Å². The number of aryl methyl sites for hydroxylation is 1. The molecule has 0 atom stereocenters. The maximum Gasteiger partial charge on any atom is 0.271 e. The van der Waals surface area contributed by atoms with E-state index in [0.717, 1.165) is 5.56 Å². The molecule has 2 amide bonds. The molecular weight excluding hydrogens is 346 g/mol. The first-order chi connectivity index (χ1) is 11.9. The molecule has 2 rings (SSSR count). The summed E-state index contributed by atoms with van der Waals surface area (Å²) in [6.07, 6.45) is 0.0105. The Bertz CT molecular complexity index is 823. The number of carbonyl (C=O) groups excluding carboxylic acids is 2. The van der Waals surface area contributed by atoms with Gasteiger partial charge in [0.2, 0.25) is 5.91 Å². The van der Waals surface area contributed by atoms with Crippen LogP contribution in [0.15, 0.2) is 42.5 Å². The lowest BCUT2D eigenvalue weighted by Gasteiger charge is -2.08. The van der Waals surface area contributed by atoms with Gasteiger partial charge < -0.3 is 10.6 Å². The Labute approximate surface area is 149 Å². The molecule has 0 radical (unpaired) electrons. The third-order valence-corrected chi connectivity index (χ3v) is 3.68. The van der Waals surface area contributed by atoms with Gasteiger partial charge in [0.25, 0.3) is 11.6 Å². The number of non-ortho nitro benzene ring substituents is 1. The fourth-order valence-corrected chi connectivity index (χ4v) is 2.28. The number of rotatable bonds is 6. The zero-order valence-electron chi connectivity index (χ0n) is 13.4. The van der Waals surface area contributed by atoms with Crippen molar-refractivity contribution in [3.63, 3.8) is 0 Å². The Morgan fingerprint density at radius 2 is 1.96 bits per heavy atom. The average molecular weight is 362 g/mol. The molecular formula is C17H16ClN3O4. The second kappa shape index (κ2) is 8.25. The molecule has 0 unspecified atom stereocenters. The van der Waals surface area contributed by atoms with Crippen LogP contribution in [0.5, 0.6) is 0 Å². The third-order valence-electron chi connectivity index (χ3n) is 3.35. The highest BCUT2D eigenvalue weighted by atomic mass is 35.5. The summed E-state index contributed by atoms with van der Waals surface area (Å²) < 4.78 is 0. The van der Waals surface area contributed by atoms with Crippen molar-refractivity contribution in [2.75, 3.05) is 11.9 Å². The smallest absolute Gasteiger partial charge is 0.271 e. The third kappa shape index (κ3) is 5.29. The zero-order valence-corrected chi connectivity index (χ0v) is 14.2. The van der Waals surface area contributed by atoms with E-state index in [1.54, 1.807) is 18.2 Å². The summed E-state index contributed by atoms with van der Waals surface area (Å²) in [4.78, 5) is 34.1. The van der Waals surface area contributed by atoms with Gasteiger partial charge in [0.15, 0.2) is 0 Å². The van der Waals surface area contributed by atoms with E-state index in [1.165, 1.54) is 18.2 Å². The van der Waals surface area contributed by atoms with E-state index < -0.39 is 10.8 Å². The molecule has 0 fully saturated rings. The maximum absolute atomic E-state index is 12.0. The number of carbonyl (C=O) groups is 2. The fraction of sp³-hybridized carbons (Fsp3) is 0.176. The van der Waals surface area contributed by atoms with Crippen LogP contribution < -0.4 is 10.6 Å². The predicted octanol–water partition coefficient (Wildman–Crippen LogP) is 3.32. The molecule has 0 aliphatic carbocycles. The summed E-state index contributed by atoms with van der Waals surface area (Å²) in [6.45, 7) is 2.01. The van der Waals surface area contributed by atoms with Gasteiger partial charge in [0, 0.05) is 30.7 Å². The number of halogens is 1. The van der Waals surface area contributed by atoms with Crippen LogP contribution in [-0.4, -0.2) is 23.3 Å². The molecule has 0 saturated heterocycles. The Morgan fingerprint density at radius 3 is 2.64 bits per heavy atom. The predicted molar refractivity (Wildman–Crippen MR) is 94.9 cm³/mol. The van der Waals surface area contributed by atoms with Crippen molar-refractivity contribution < 1.29 is 14.5 Å². The van der Waals surface area contributed by atoms with E-state index >= 15 is 0 Å². The molecule has 0 saturated carbocycles. The number of nitrogens with zero attached hydrogens (tertiary/aromatic N) is 1. The summed E-state index contributed by atoms with van der Waals surface area (Å²) >= 11 is 5.92. The van der Waals surface area contributed by atoms with Crippen molar-refractivity contribution in [1.29, 1.82) is 0 Å². The molecule has 0 bridgehead atoms. The van der Waals surface area contributed by atoms with Gasteiger partial charge in [-0.05, 0) is 25.1 Å². The van der Waals surface area contributed by atoms with Gasteiger partial charge in [-0.2, -0.15) is 0 Å². The fourth-order valence-electron chi connectivity index (χ4n) is 2.11. The first-order valence-electron chi connectivity index (χ1n) is 7.45. The van der Waals surface area contributed by atoms with Gasteiger partial charge in [-0.1, -0.05) is 29.3 Å². The van der Waals surface area contributed by atoms with Crippen molar-refractivity contribution in [2.24, 2.45) is 0 Å². The highest BCUT2D eigenvalue weighted by Gasteiger charge is 2.12. The SMILES string of the molecule is Cc1cccc(C(=O)NCCC(=O)Nc2cc([N+](=O)[O-])ccc2Cl)c1. The van der Waals surface area contributed by atoms with Gasteiger partial charge in [0.05, 0.1) is 15.6 Å². The summed E-state index contributed by atoms with van der Waals surface area (Å²) in [5.41, 5.74) is 1.46. The summed E-state index contributed by atoms with van der Waals surface area (Å²) in [5, 5.41) is 16.1. The number of hydrogen-bond donors (Lipinski definition) is 2. The van der Waals surface area contributed by atoms with Gasteiger partial charge in [-0.15, -0.1) is 0 Å². The number of benzene rings is 2. The standard InChI is InChI=1S/C17H16ClN3O4/c1-11-3-2-4-12(9-11)17(23)19-8-7-16(22)20-15-10-13(21(24)25)5-6-14(15)18/h2-6,9-10H,7-8H2,1H3,(H,19,23)(H,20,22). The summed E-state index contributed by atoms with van der Waals surface area (Å²) in [6, 6.07) is 10.9. The van der Waals surface area contributed by atoms with Crippen molar-refractivity contribution in [3.05, 3.63) is 68.7 Å². The lowest BCUT2D eigenvalue weighted by molar-refractivity contribution is -0.384. The Hall–Kier alpha value is -2.93. The lowest BCUT2D eigenvalue weighted by Crippen LogP contribution is -2.27. The van der Waals surface area contributed by atoms with Gasteiger partial charge in [0.1, 0.15) is 0 Å². The molecule has 8 heteroatoms. The molecule has 25 heavy (non-hydrogen) atoms. The first kappa shape index (κ1) is 18.4. The second-order valence-electron chi connectivity index (χ2n) is 5.34. The normalized spacial score (nSPS) is 10.2. The van der Waals surface area contributed by atoms with E-state index in [4.69, 9.17) is 11.6 Å². The highest BCUT2D eigenvalue weighted by molar-refractivity contribution is 6.33. The molecule has 2 aromatic rings. The van der Waals surface area contributed by atoms with E-state index in [0.29, 0.717) is 5.56 Å². The topological polar surface area (TPSA) is 101 Å². The van der Waals surface area contributed by atoms with Crippen LogP contribution in [-0.2, 0) is 4.79 Å². The number of amides is 2. The molecule has 0 aromatic heterocycles. The first-order valence-corrected chi connectivity index (χ1v) is 7.83. The minimum Gasteiger partial charge on any atom is -0.352 e. The van der Waals surface area contributed by atoms with Crippen LogP contribution in [0.4, 0.5) is 11.4 Å². The molecule has 130 valence electrons. The summed E-state index contributed by atoms with van der Waals surface area (Å²) in [5.74, 6) is -0.683. The molecule has 0 aliphatic rings. The van der Waals surface area contributed by atoms with Crippen molar-refractivity contribution in [1.82, 2.24) is 5.32 Å². The van der Waals surface area contributed by atoms with Crippen LogP contribution in [0, 0.1) is 17.0 Å². The van der Waals surface area contributed by atoms with Gasteiger partial charge in [-0.25, -0.2) is 0 Å². The number of hydrogen-bond acceptors (Lipinski definition) is 4. The second-order valence-corrected chi connectivity index (χ2v) is 5.75. The van der Waals surface area contributed by atoms with Crippen LogP contribution in [0.25, 0.3) is 0 Å². The Kier molecular flexibility index (Phi) is 6.08. The number of anilines is 1. The van der Waals surface area contributed by atoms with E-state index in [9.17, 15) is 19.7 Å². The average Bonchev–Trinajstić information content (AvgIpc) is 2.56. The van der Waals surface area contributed by atoms with E-state index in [2.05, 4.69) is 10.6 Å². The van der Waals surface area contributed by atoms with Crippen LogP contribution in [0.3, 0.4) is 0 Å². The zero-order chi connectivity index (χ0) is 18.4. The van der Waals surface area contributed by atoms with Crippen LogP contribution in [0.2, 0.25) is 5.02 Å². The number of nitro groups is 1.